The molecular formula is C17H18N2. The third kappa shape index (κ3) is 3.35. The van der Waals surface area contributed by atoms with Crippen LogP contribution in [0.1, 0.15) is 37.7 Å². The first-order chi connectivity index (χ1) is 8.97. The Labute approximate surface area is 114 Å². The third-order valence-electron chi connectivity index (χ3n) is 2.79. The molecule has 96 valence electrons. The summed E-state index contributed by atoms with van der Waals surface area (Å²) in [5, 5.41) is 0. The second-order valence-corrected chi connectivity index (χ2v) is 5.50. The molecule has 0 saturated heterocycles. The summed E-state index contributed by atoms with van der Waals surface area (Å²) in [6.07, 6.45) is 0. The Kier molecular flexibility index (Phi) is 3.57. The molecule has 1 heterocycles. The minimum absolute atomic E-state index is 0.00310. The zero-order valence-corrected chi connectivity index (χ0v) is 11.6. The van der Waals surface area contributed by atoms with Gasteiger partial charge in [-0.1, -0.05) is 44.9 Å². The van der Waals surface area contributed by atoms with Crippen molar-refractivity contribution in [3.8, 4) is 11.8 Å². The second-order valence-electron chi connectivity index (χ2n) is 5.50. The first-order valence-corrected chi connectivity index (χ1v) is 6.31. The average Bonchev–Trinajstić information content (AvgIpc) is 2.37. The van der Waals surface area contributed by atoms with Gasteiger partial charge in [0.15, 0.2) is 0 Å². The van der Waals surface area contributed by atoms with E-state index in [1.165, 1.54) is 0 Å². The van der Waals surface area contributed by atoms with E-state index < -0.39 is 0 Å². The van der Waals surface area contributed by atoms with Gasteiger partial charge >= 0.3 is 0 Å². The minimum Gasteiger partial charge on any atom is -0.396 e. The monoisotopic (exact) mass is 250 g/mol. The summed E-state index contributed by atoms with van der Waals surface area (Å²) in [6.45, 7) is 6.37. The summed E-state index contributed by atoms with van der Waals surface area (Å²) >= 11 is 0. The summed E-state index contributed by atoms with van der Waals surface area (Å²) in [5.41, 5.74) is 9.16. The summed E-state index contributed by atoms with van der Waals surface area (Å²) in [5.74, 6) is 6.14. The minimum atomic E-state index is -0.00310. The molecule has 1 aromatic carbocycles. The molecule has 2 nitrogen and oxygen atoms in total. The number of hydrogen-bond donors (Lipinski definition) is 1. The van der Waals surface area contributed by atoms with Crippen molar-refractivity contribution in [2.45, 2.75) is 26.2 Å². The van der Waals surface area contributed by atoms with E-state index in [4.69, 9.17) is 5.73 Å². The molecule has 2 rings (SSSR count). The normalized spacial score (nSPS) is 10.7. The molecule has 0 aliphatic rings. The lowest BCUT2D eigenvalue weighted by molar-refractivity contribution is 0.568. The van der Waals surface area contributed by atoms with Crippen LogP contribution in [-0.2, 0) is 5.41 Å². The van der Waals surface area contributed by atoms with Crippen LogP contribution in [0.4, 0.5) is 5.69 Å². The number of anilines is 1. The molecule has 1 aromatic heterocycles. The van der Waals surface area contributed by atoms with E-state index >= 15 is 0 Å². The molecular weight excluding hydrogens is 232 g/mol. The Morgan fingerprint density at radius 2 is 1.63 bits per heavy atom. The molecule has 0 unspecified atom stereocenters. The Morgan fingerprint density at radius 3 is 2.26 bits per heavy atom. The van der Waals surface area contributed by atoms with E-state index in [0.717, 1.165) is 11.3 Å². The highest BCUT2D eigenvalue weighted by Crippen LogP contribution is 2.22. The van der Waals surface area contributed by atoms with Crippen LogP contribution >= 0.6 is 0 Å². The smallest absolute Gasteiger partial charge is 0.136 e. The highest BCUT2D eigenvalue weighted by Gasteiger charge is 2.16. The Balaban J connectivity index is 2.38. The van der Waals surface area contributed by atoms with Gasteiger partial charge in [-0.2, -0.15) is 0 Å². The number of hydrogen-bond acceptors (Lipinski definition) is 2. The third-order valence-corrected chi connectivity index (χ3v) is 2.79. The molecule has 0 aliphatic carbocycles. The maximum atomic E-state index is 5.93. The maximum absolute atomic E-state index is 5.93. The molecule has 19 heavy (non-hydrogen) atoms. The van der Waals surface area contributed by atoms with Gasteiger partial charge in [-0.3, -0.25) is 0 Å². The topological polar surface area (TPSA) is 38.9 Å². The van der Waals surface area contributed by atoms with Crippen LogP contribution in [-0.4, -0.2) is 4.98 Å². The standard InChI is InChI=1S/C17H18N2/c1-17(2,3)16-12-10-14(18)15(19-16)11-9-13-7-5-4-6-8-13/h4-8,10,12H,18H2,1-3H3. The van der Waals surface area contributed by atoms with E-state index in [-0.39, 0.29) is 5.41 Å². The predicted molar refractivity (Wildman–Crippen MR) is 79.8 cm³/mol. The van der Waals surface area contributed by atoms with Crippen molar-refractivity contribution in [1.29, 1.82) is 0 Å². The molecule has 0 bridgehead atoms. The van der Waals surface area contributed by atoms with Crippen molar-refractivity contribution in [2.75, 3.05) is 5.73 Å². The lowest BCUT2D eigenvalue weighted by Gasteiger charge is -2.18. The highest BCUT2D eigenvalue weighted by atomic mass is 14.8. The average molecular weight is 250 g/mol. The SMILES string of the molecule is CC(C)(C)c1ccc(N)c(C#Cc2ccccc2)n1. The molecule has 0 atom stereocenters. The molecule has 2 heteroatoms. The van der Waals surface area contributed by atoms with Crippen LogP contribution in [0.3, 0.4) is 0 Å². The van der Waals surface area contributed by atoms with Crippen LogP contribution in [0.2, 0.25) is 0 Å². The van der Waals surface area contributed by atoms with Gasteiger partial charge in [0.1, 0.15) is 5.69 Å². The van der Waals surface area contributed by atoms with Crippen LogP contribution in [0.25, 0.3) is 0 Å². The largest absolute Gasteiger partial charge is 0.396 e. The van der Waals surface area contributed by atoms with E-state index in [2.05, 4.69) is 37.6 Å². The van der Waals surface area contributed by atoms with Gasteiger partial charge in [0.2, 0.25) is 0 Å². The second kappa shape index (κ2) is 5.16. The molecule has 0 spiro atoms. The number of nitrogens with two attached hydrogens (primary N) is 1. The molecule has 0 radical (unpaired) electrons. The van der Waals surface area contributed by atoms with E-state index in [9.17, 15) is 0 Å². The van der Waals surface area contributed by atoms with Crippen molar-refractivity contribution in [3.05, 3.63) is 59.4 Å². The maximum Gasteiger partial charge on any atom is 0.136 e. The van der Waals surface area contributed by atoms with Crippen LogP contribution in [0.5, 0.6) is 0 Å². The number of aromatic nitrogens is 1. The quantitative estimate of drug-likeness (QED) is 0.728. The van der Waals surface area contributed by atoms with Crippen LogP contribution < -0.4 is 5.73 Å². The lowest BCUT2D eigenvalue weighted by Crippen LogP contribution is -2.14. The number of nitrogens with zero attached hydrogens (tertiary/aromatic N) is 1. The van der Waals surface area contributed by atoms with Gasteiger partial charge < -0.3 is 5.73 Å². The fourth-order valence-corrected chi connectivity index (χ4v) is 1.64. The van der Waals surface area contributed by atoms with Gasteiger partial charge in [0.25, 0.3) is 0 Å². The highest BCUT2D eigenvalue weighted by molar-refractivity contribution is 5.54. The van der Waals surface area contributed by atoms with Crippen molar-refractivity contribution in [1.82, 2.24) is 4.98 Å². The van der Waals surface area contributed by atoms with Crippen molar-refractivity contribution in [3.63, 3.8) is 0 Å². The Morgan fingerprint density at radius 1 is 0.947 bits per heavy atom. The summed E-state index contributed by atoms with van der Waals surface area (Å²) < 4.78 is 0. The van der Waals surface area contributed by atoms with Gasteiger partial charge in [0.05, 0.1) is 5.69 Å². The van der Waals surface area contributed by atoms with Crippen molar-refractivity contribution in [2.24, 2.45) is 0 Å². The van der Waals surface area contributed by atoms with Crippen molar-refractivity contribution < 1.29 is 0 Å². The van der Waals surface area contributed by atoms with E-state index in [1.54, 1.807) is 0 Å². The molecule has 0 amide bonds. The van der Waals surface area contributed by atoms with Crippen LogP contribution in [0, 0.1) is 11.8 Å². The first-order valence-electron chi connectivity index (χ1n) is 6.31. The molecule has 0 fully saturated rings. The summed E-state index contributed by atoms with van der Waals surface area (Å²) in [4.78, 5) is 4.56. The predicted octanol–water partition coefficient (Wildman–Crippen LogP) is 3.36. The molecule has 2 N–H and O–H groups in total. The van der Waals surface area contributed by atoms with Gasteiger partial charge in [-0.05, 0) is 30.2 Å². The van der Waals surface area contributed by atoms with Crippen molar-refractivity contribution >= 4 is 5.69 Å². The van der Waals surface area contributed by atoms with E-state index in [0.29, 0.717) is 11.4 Å². The molecule has 0 saturated carbocycles. The Hall–Kier alpha value is -2.27. The number of rotatable bonds is 0. The van der Waals surface area contributed by atoms with E-state index in [1.807, 2.05) is 42.5 Å². The lowest BCUT2D eigenvalue weighted by atomic mass is 9.91. The Bertz CT molecular complexity index is 626. The summed E-state index contributed by atoms with van der Waals surface area (Å²) in [6, 6.07) is 13.7. The summed E-state index contributed by atoms with van der Waals surface area (Å²) in [7, 11) is 0. The number of nitrogen functional groups attached to an aromatic ring is 1. The number of benzene rings is 1. The zero-order chi connectivity index (χ0) is 13.9. The molecule has 0 aliphatic heterocycles. The number of pyridine rings is 1. The fourth-order valence-electron chi connectivity index (χ4n) is 1.64. The van der Waals surface area contributed by atoms with Gasteiger partial charge in [-0.15, -0.1) is 0 Å². The zero-order valence-electron chi connectivity index (χ0n) is 11.6. The fraction of sp³-hybridized carbons (Fsp3) is 0.235. The van der Waals surface area contributed by atoms with Gasteiger partial charge in [-0.25, -0.2) is 4.98 Å². The van der Waals surface area contributed by atoms with Crippen LogP contribution in [0.15, 0.2) is 42.5 Å². The molecule has 2 aromatic rings. The first kappa shape index (κ1) is 13.2. The van der Waals surface area contributed by atoms with Gasteiger partial charge in [0, 0.05) is 16.7 Å².